The standard InChI is InChI=1S/C19H18N2O3S/c1-10-3-5-12(6-4-10)9-21-11(2)20-17-16(18(21)22)15-13(19(23)24)7-8-14(15)25-17/h3-6,13H,7-9H2,1-2H3,(H,23,24). The van der Waals surface area contributed by atoms with Crippen LogP contribution in [0.3, 0.4) is 0 Å². The zero-order valence-electron chi connectivity index (χ0n) is 14.1. The number of aromatic nitrogens is 2. The summed E-state index contributed by atoms with van der Waals surface area (Å²) in [5.41, 5.74) is 2.76. The van der Waals surface area contributed by atoms with Gasteiger partial charge in [-0.2, -0.15) is 0 Å². The Bertz CT molecular complexity index is 1050. The predicted molar refractivity (Wildman–Crippen MR) is 97.6 cm³/mol. The Kier molecular flexibility index (Phi) is 3.72. The van der Waals surface area contributed by atoms with Crippen molar-refractivity contribution in [1.29, 1.82) is 0 Å². The second kappa shape index (κ2) is 5.81. The first-order valence-corrected chi connectivity index (χ1v) is 9.08. The van der Waals surface area contributed by atoms with Gasteiger partial charge < -0.3 is 5.11 Å². The fraction of sp³-hybridized carbons (Fsp3) is 0.316. The topological polar surface area (TPSA) is 72.2 Å². The van der Waals surface area contributed by atoms with Crippen molar-refractivity contribution >= 4 is 27.5 Å². The SMILES string of the molecule is Cc1ccc(Cn2c(C)nc3sc4c(c3c2=O)C(C(=O)O)CC4)cc1. The van der Waals surface area contributed by atoms with E-state index < -0.39 is 11.9 Å². The van der Waals surface area contributed by atoms with Gasteiger partial charge in [0.25, 0.3) is 5.56 Å². The summed E-state index contributed by atoms with van der Waals surface area (Å²) >= 11 is 1.47. The Morgan fingerprint density at radius 3 is 2.72 bits per heavy atom. The van der Waals surface area contributed by atoms with E-state index in [4.69, 9.17) is 0 Å². The van der Waals surface area contributed by atoms with Crippen LogP contribution < -0.4 is 5.56 Å². The van der Waals surface area contributed by atoms with Crippen LogP contribution in [-0.4, -0.2) is 20.6 Å². The molecule has 1 aliphatic carbocycles. The molecular weight excluding hydrogens is 336 g/mol. The van der Waals surface area contributed by atoms with Gasteiger partial charge >= 0.3 is 5.97 Å². The summed E-state index contributed by atoms with van der Waals surface area (Å²) in [6.07, 6.45) is 1.28. The van der Waals surface area contributed by atoms with Crippen molar-refractivity contribution in [3.8, 4) is 0 Å². The number of carboxylic acids is 1. The van der Waals surface area contributed by atoms with E-state index in [2.05, 4.69) is 4.98 Å². The Balaban J connectivity index is 1.89. The molecule has 1 unspecified atom stereocenters. The van der Waals surface area contributed by atoms with E-state index in [1.54, 1.807) is 4.57 Å². The molecule has 6 heteroatoms. The molecule has 0 spiro atoms. The van der Waals surface area contributed by atoms with E-state index >= 15 is 0 Å². The predicted octanol–water partition coefficient (Wildman–Crippen LogP) is 3.24. The van der Waals surface area contributed by atoms with Crippen LogP contribution in [0.2, 0.25) is 0 Å². The zero-order chi connectivity index (χ0) is 17.7. The minimum absolute atomic E-state index is 0.131. The van der Waals surface area contributed by atoms with Crippen LogP contribution in [0, 0.1) is 13.8 Å². The Morgan fingerprint density at radius 2 is 2.04 bits per heavy atom. The van der Waals surface area contributed by atoms with Gasteiger partial charge in [-0.05, 0) is 37.8 Å². The summed E-state index contributed by atoms with van der Waals surface area (Å²) in [4.78, 5) is 31.0. The summed E-state index contributed by atoms with van der Waals surface area (Å²) in [6, 6.07) is 8.04. The molecule has 0 bridgehead atoms. The lowest BCUT2D eigenvalue weighted by Crippen LogP contribution is -2.25. The van der Waals surface area contributed by atoms with Gasteiger partial charge in [0, 0.05) is 4.88 Å². The quantitative estimate of drug-likeness (QED) is 0.784. The van der Waals surface area contributed by atoms with Crippen LogP contribution in [-0.2, 0) is 17.8 Å². The fourth-order valence-electron chi connectivity index (χ4n) is 3.54. The van der Waals surface area contributed by atoms with E-state index in [1.807, 2.05) is 38.1 Å². The maximum absolute atomic E-state index is 13.1. The lowest BCUT2D eigenvalue weighted by Gasteiger charge is -2.11. The average molecular weight is 354 g/mol. The van der Waals surface area contributed by atoms with Crippen LogP contribution in [0.5, 0.6) is 0 Å². The first kappa shape index (κ1) is 16.0. The molecule has 5 nitrogen and oxygen atoms in total. The second-order valence-corrected chi connectivity index (χ2v) is 7.67. The number of hydrogen-bond acceptors (Lipinski definition) is 4. The molecular formula is C19H18N2O3S. The lowest BCUT2D eigenvalue weighted by molar-refractivity contribution is -0.138. The number of aliphatic carboxylic acids is 1. The number of aryl methyl sites for hydroxylation is 3. The normalized spacial score (nSPS) is 16.3. The van der Waals surface area contributed by atoms with Crippen LogP contribution in [0.25, 0.3) is 10.2 Å². The first-order valence-electron chi connectivity index (χ1n) is 8.26. The molecule has 3 aromatic rings. The monoisotopic (exact) mass is 354 g/mol. The summed E-state index contributed by atoms with van der Waals surface area (Å²) in [6.45, 7) is 4.29. The van der Waals surface area contributed by atoms with Crippen molar-refractivity contribution in [1.82, 2.24) is 9.55 Å². The number of thiophene rings is 1. The third kappa shape index (κ3) is 2.57. The molecule has 25 heavy (non-hydrogen) atoms. The van der Waals surface area contributed by atoms with E-state index in [0.717, 1.165) is 10.4 Å². The van der Waals surface area contributed by atoms with Crippen molar-refractivity contribution in [3.05, 3.63) is 62.0 Å². The number of rotatable bonds is 3. The van der Waals surface area contributed by atoms with Gasteiger partial charge in [0.15, 0.2) is 0 Å². The highest BCUT2D eigenvalue weighted by Crippen LogP contribution is 2.42. The highest BCUT2D eigenvalue weighted by Gasteiger charge is 2.34. The lowest BCUT2D eigenvalue weighted by atomic mass is 10.0. The molecule has 0 saturated carbocycles. The van der Waals surface area contributed by atoms with Crippen molar-refractivity contribution in [2.45, 2.75) is 39.2 Å². The molecule has 4 rings (SSSR count). The van der Waals surface area contributed by atoms with E-state index in [1.165, 1.54) is 16.9 Å². The van der Waals surface area contributed by atoms with Crippen molar-refractivity contribution < 1.29 is 9.90 Å². The molecule has 1 aliphatic rings. The zero-order valence-corrected chi connectivity index (χ0v) is 14.9. The molecule has 1 aromatic carbocycles. The van der Waals surface area contributed by atoms with Crippen molar-refractivity contribution in [3.63, 3.8) is 0 Å². The number of nitrogens with zero attached hydrogens (tertiary/aromatic N) is 2. The number of fused-ring (bicyclic) bond motifs is 3. The summed E-state index contributed by atoms with van der Waals surface area (Å²) in [7, 11) is 0. The Labute approximate surface area is 148 Å². The number of hydrogen-bond donors (Lipinski definition) is 1. The molecule has 128 valence electrons. The van der Waals surface area contributed by atoms with E-state index in [0.29, 0.717) is 41.0 Å². The van der Waals surface area contributed by atoms with E-state index in [9.17, 15) is 14.7 Å². The maximum Gasteiger partial charge on any atom is 0.311 e. The number of benzene rings is 1. The van der Waals surface area contributed by atoms with Crippen LogP contribution in [0.1, 0.15) is 39.7 Å². The number of carboxylic acid groups (broad SMARTS) is 1. The molecule has 1 N–H and O–H groups in total. The van der Waals surface area contributed by atoms with Crippen LogP contribution >= 0.6 is 11.3 Å². The van der Waals surface area contributed by atoms with Gasteiger partial charge in [-0.1, -0.05) is 29.8 Å². The van der Waals surface area contributed by atoms with Crippen LogP contribution in [0.15, 0.2) is 29.1 Å². The molecule has 0 amide bonds. The molecule has 2 aromatic heterocycles. The molecule has 0 saturated heterocycles. The van der Waals surface area contributed by atoms with Gasteiger partial charge in [0.2, 0.25) is 0 Å². The highest BCUT2D eigenvalue weighted by atomic mass is 32.1. The van der Waals surface area contributed by atoms with Gasteiger partial charge in [-0.3, -0.25) is 14.2 Å². The van der Waals surface area contributed by atoms with Crippen molar-refractivity contribution in [2.75, 3.05) is 0 Å². The minimum atomic E-state index is -0.858. The minimum Gasteiger partial charge on any atom is -0.481 e. The summed E-state index contributed by atoms with van der Waals surface area (Å²) in [5, 5.41) is 9.99. The van der Waals surface area contributed by atoms with Gasteiger partial charge in [-0.15, -0.1) is 11.3 Å². The largest absolute Gasteiger partial charge is 0.481 e. The van der Waals surface area contributed by atoms with Gasteiger partial charge in [-0.25, -0.2) is 4.98 Å². The maximum atomic E-state index is 13.1. The molecule has 0 radical (unpaired) electrons. The second-order valence-electron chi connectivity index (χ2n) is 6.58. The van der Waals surface area contributed by atoms with Crippen molar-refractivity contribution in [2.24, 2.45) is 0 Å². The summed E-state index contributed by atoms with van der Waals surface area (Å²) in [5.74, 6) is -0.790. The Hall–Kier alpha value is -2.47. The van der Waals surface area contributed by atoms with Crippen LogP contribution in [0.4, 0.5) is 0 Å². The fourth-order valence-corrected chi connectivity index (χ4v) is 4.82. The summed E-state index contributed by atoms with van der Waals surface area (Å²) < 4.78 is 1.65. The average Bonchev–Trinajstić information content (AvgIpc) is 3.11. The molecule has 0 aliphatic heterocycles. The first-order chi connectivity index (χ1) is 12.0. The van der Waals surface area contributed by atoms with Gasteiger partial charge in [0.05, 0.1) is 17.8 Å². The van der Waals surface area contributed by atoms with Gasteiger partial charge in [0.1, 0.15) is 10.7 Å². The molecule has 0 fully saturated rings. The molecule has 1 atom stereocenters. The van der Waals surface area contributed by atoms with E-state index in [-0.39, 0.29) is 5.56 Å². The third-order valence-electron chi connectivity index (χ3n) is 4.88. The third-order valence-corrected chi connectivity index (χ3v) is 6.04. The number of carbonyl (C=O) groups is 1. The smallest absolute Gasteiger partial charge is 0.311 e. The Morgan fingerprint density at radius 1 is 1.32 bits per heavy atom. The molecule has 2 heterocycles. The highest BCUT2D eigenvalue weighted by molar-refractivity contribution is 7.18.